The van der Waals surface area contributed by atoms with E-state index in [0.717, 1.165) is 43.4 Å². The molecule has 4 N–H and O–H groups in total. The average molecular weight is 751 g/mol. The summed E-state index contributed by atoms with van der Waals surface area (Å²) in [5.74, 6) is -2.36. The molecule has 1 aromatic heterocycles. The van der Waals surface area contributed by atoms with Gasteiger partial charge in [0.1, 0.15) is 16.3 Å². The number of carbonyl (C=O) groups excluding carboxylic acids is 5. The number of sulfonamides is 1. The lowest BCUT2D eigenvalue weighted by Crippen LogP contribution is -2.59. The minimum absolute atomic E-state index is 0.0348. The predicted molar refractivity (Wildman–Crippen MR) is 196 cm³/mol. The second-order valence-corrected chi connectivity index (χ2v) is 18.6. The normalized spacial score (nSPS) is 26.5. The molecule has 286 valence electrons. The number of likely N-dealkylation sites (N-methyl/N-ethyl adjacent to an activating group) is 1. The quantitative estimate of drug-likeness (QED) is 0.250. The number of nitrogens with zero attached hydrogens (tertiary/aromatic N) is 2. The van der Waals surface area contributed by atoms with Gasteiger partial charge in [-0.3, -0.25) is 19.2 Å². The fourth-order valence-electron chi connectivity index (χ4n) is 7.59. The van der Waals surface area contributed by atoms with Crippen molar-refractivity contribution in [1.82, 2.24) is 30.5 Å². The van der Waals surface area contributed by atoms with Crippen molar-refractivity contribution in [2.45, 2.75) is 127 Å². The van der Waals surface area contributed by atoms with E-state index in [0.29, 0.717) is 45.2 Å². The minimum Gasteiger partial charge on any atom is -0.349 e. The first-order valence-corrected chi connectivity index (χ1v) is 20.9. The van der Waals surface area contributed by atoms with Gasteiger partial charge in [0.15, 0.2) is 0 Å². The maximum Gasteiger partial charge on any atom is 0.315 e. The summed E-state index contributed by atoms with van der Waals surface area (Å²) in [6, 6.07) is -0.658. The molecule has 4 rings (SSSR count). The van der Waals surface area contributed by atoms with Crippen molar-refractivity contribution in [3.05, 3.63) is 17.5 Å². The number of fused-ring (bicyclic) bond motifs is 3. The third-order valence-corrected chi connectivity index (χ3v) is 14.2. The third kappa shape index (κ3) is 9.89. The van der Waals surface area contributed by atoms with Gasteiger partial charge in [0.2, 0.25) is 17.6 Å². The Balaban J connectivity index is 1.53. The summed E-state index contributed by atoms with van der Waals surface area (Å²) < 4.78 is 27.6. The Morgan fingerprint density at radius 1 is 1.06 bits per heavy atom. The van der Waals surface area contributed by atoms with Gasteiger partial charge in [-0.05, 0) is 53.9 Å². The number of Topliss-reactive ketones (excluding diaryl/α,β-unsaturated/α-hetero) is 1. The lowest BCUT2D eigenvalue weighted by Gasteiger charge is -2.34. The summed E-state index contributed by atoms with van der Waals surface area (Å²) in [5.41, 5.74) is -0.183. The van der Waals surface area contributed by atoms with E-state index in [1.807, 2.05) is 20.8 Å². The van der Waals surface area contributed by atoms with Crippen LogP contribution in [0.3, 0.4) is 0 Å². The second-order valence-electron chi connectivity index (χ2n) is 15.4. The van der Waals surface area contributed by atoms with Crippen LogP contribution in [0.4, 0.5) is 4.79 Å². The molecule has 0 spiro atoms. The molecule has 5 amide bonds. The molecule has 6 atom stereocenters. The van der Waals surface area contributed by atoms with Crippen molar-refractivity contribution < 1.29 is 32.4 Å². The van der Waals surface area contributed by atoms with E-state index in [4.69, 9.17) is 0 Å². The Morgan fingerprint density at radius 2 is 1.71 bits per heavy atom. The highest BCUT2D eigenvalue weighted by Crippen LogP contribution is 2.65. The molecular weight excluding hydrogens is 693 g/mol. The number of hydrogen-bond donors (Lipinski definition) is 4. The van der Waals surface area contributed by atoms with Crippen LogP contribution in [-0.2, 0) is 29.2 Å². The average Bonchev–Trinajstić information content (AvgIpc) is 3.53. The van der Waals surface area contributed by atoms with E-state index < -0.39 is 57.8 Å². The molecule has 0 bridgehead atoms. The van der Waals surface area contributed by atoms with Crippen molar-refractivity contribution in [2.24, 2.45) is 23.2 Å². The summed E-state index contributed by atoms with van der Waals surface area (Å²) in [4.78, 5) is 69.5. The first kappa shape index (κ1) is 40.7. The van der Waals surface area contributed by atoms with Crippen LogP contribution in [0.15, 0.2) is 21.7 Å². The molecule has 1 aliphatic carbocycles. The maximum absolute atomic E-state index is 14.4. The highest BCUT2D eigenvalue weighted by atomic mass is 32.2. The number of piperidine rings is 1. The van der Waals surface area contributed by atoms with Crippen LogP contribution >= 0.6 is 11.3 Å². The maximum atomic E-state index is 14.4. The zero-order valence-electron chi connectivity index (χ0n) is 31.0. The van der Waals surface area contributed by atoms with Crippen LogP contribution in [0.25, 0.3) is 0 Å². The van der Waals surface area contributed by atoms with Crippen molar-refractivity contribution in [2.75, 3.05) is 26.7 Å². The number of hydrogen-bond acceptors (Lipinski definition) is 8. The van der Waals surface area contributed by atoms with Crippen molar-refractivity contribution in [3.8, 4) is 0 Å². The Bertz CT molecular complexity index is 1500. The van der Waals surface area contributed by atoms with Crippen LogP contribution in [0.1, 0.15) is 98.8 Å². The highest BCUT2D eigenvalue weighted by Gasteiger charge is 2.69. The van der Waals surface area contributed by atoms with Gasteiger partial charge in [0.25, 0.3) is 15.9 Å². The molecule has 3 fully saturated rings. The van der Waals surface area contributed by atoms with Crippen LogP contribution in [0, 0.1) is 23.2 Å². The monoisotopic (exact) mass is 750 g/mol. The number of rotatable bonds is 11. The molecular formula is C36H58N6O7S2. The van der Waals surface area contributed by atoms with E-state index in [9.17, 15) is 32.4 Å². The Labute approximate surface area is 307 Å². The lowest BCUT2D eigenvalue weighted by atomic mass is 9.96. The number of nitrogens with one attached hydrogen (secondary N) is 4. The topological polar surface area (TPSA) is 174 Å². The number of carbonyl (C=O) groups is 5. The van der Waals surface area contributed by atoms with Crippen molar-refractivity contribution in [1.29, 1.82) is 0 Å². The number of amides is 5. The SMILES string of the molecule is CCCNC(=O)C(=O)[C@@H]1CCCCCCCCC[C@H](NC(=O)N[C@H](CN(C)S(=O)(=O)c2cccs2)C(C)C)C(=O)N2C[C@H]3[C@@H]([C@H]2C(=O)N1)C3(C)C. The number of urea groups is 1. The van der Waals surface area contributed by atoms with Gasteiger partial charge >= 0.3 is 6.03 Å². The molecule has 3 heterocycles. The van der Waals surface area contributed by atoms with E-state index in [2.05, 4.69) is 35.1 Å². The Kier molecular flexibility index (Phi) is 14.1. The van der Waals surface area contributed by atoms with Crippen LogP contribution in [0.5, 0.6) is 0 Å². The van der Waals surface area contributed by atoms with E-state index >= 15 is 0 Å². The molecule has 0 aromatic carbocycles. The molecule has 0 unspecified atom stereocenters. The summed E-state index contributed by atoms with van der Waals surface area (Å²) in [5, 5.41) is 13.0. The van der Waals surface area contributed by atoms with E-state index in [1.54, 1.807) is 22.4 Å². The van der Waals surface area contributed by atoms with Crippen molar-refractivity contribution in [3.63, 3.8) is 0 Å². The van der Waals surface area contributed by atoms with Gasteiger partial charge in [0.05, 0.1) is 6.04 Å². The standard InChI is InChI=1S/C36H58N6O7S2/c1-7-19-37-33(45)31(43)25-16-13-11-9-8-10-12-14-17-26(34(46)42-21-24-29(36(24,4)5)30(42)32(44)38-25)39-35(47)40-27(23(2)3)22-41(6)51(48,49)28-18-15-20-50-28/h15,18,20,23-27,29-30H,7-14,16-17,19,21-22H2,1-6H3,(H,37,45)(H,38,44)(H2,39,40,47)/t24-,25-,26-,27+,29-,30-/m0/s1. The Morgan fingerprint density at radius 3 is 2.31 bits per heavy atom. The number of thiophene rings is 1. The molecule has 3 aliphatic rings. The lowest BCUT2D eigenvalue weighted by molar-refractivity contribution is -0.144. The van der Waals surface area contributed by atoms with Gasteiger partial charge in [-0.25, -0.2) is 13.2 Å². The minimum atomic E-state index is -3.74. The summed E-state index contributed by atoms with van der Waals surface area (Å²) in [6.07, 6.45) is 7.40. The Hall–Kier alpha value is -3.04. The fraction of sp³-hybridized carbons (Fsp3) is 0.750. The molecule has 2 saturated heterocycles. The molecule has 0 radical (unpaired) electrons. The first-order chi connectivity index (χ1) is 24.1. The molecule has 2 aliphatic heterocycles. The largest absolute Gasteiger partial charge is 0.349 e. The van der Waals surface area contributed by atoms with Gasteiger partial charge < -0.3 is 26.2 Å². The first-order valence-electron chi connectivity index (χ1n) is 18.6. The highest BCUT2D eigenvalue weighted by molar-refractivity contribution is 7.91. The van der Waals surface area contributed by atoms with Crippen LogP contribution < -0.4 is 21.3 Å². The fourth-order valence-corrected chi connectivity index (χ4v) is 9.99. The zero-order valence-corrected chi connectivity index (χ0v) is 32.7. The third-order valence-electron chi connectivity index (χ3n) is 11.0. The second kappa shape index (κ2) is 17.7. The summed E-state index contributed by atoms with van der Waals surface area (Å²) >= 11 is 1.13. The molecule has 1 saturated carbocycles. The van der Waals surface area contributed by atoms with Gasteiger partial charge in [-0.15, -0.1) is 11.3 Å². The van der Waals surface area contributed by atoms with Gasteiger partial charge in [-0.1, -0.05) is 85.6 Å². The van der Waals surface area contributed by atoms with Gasteiger partial charge in [-0.2, -0.15) is 4.31 Å². The number of ketones is 1. The molecule has 51 heavy (non-hydrogen) atoms. The van der Waals surface area contributed by atoms with Crippen molar-refractivity contribution >= 4 is 50.9 Å². The predicted octanol–water partition coefficient (Wildman–Crippen LogP) is 3.65. The van der Waals surface area contributed by atoms with Crippen LogP contribution in [0.2, 0.25) is 0 Å². The molecule has 13 nitrogen and oxygen atoms in total. The smallest absolute Gasteiger partial charge is 0.315 e. The summed E-state index contributed by atoms with van der Waals surface area (Å²) in [7, 11) is -2.25. The van der Waals surface area contributed by atoms with Gasteiger partial charge in [0, 0.05) is 32.7 Å². The molecule has 15 heteroatoms. The zero-order chi connectivity index (χ0) is 37.5. The van der Waals surface area contributed by atoms with E-state index in [1.165, 1.54) is 11.4 Å². The molecule has 1 aromatic rings. The van der Waals surface area contributed by atoms with E-state index in [-0.39, 0.29) is 39.8 Å². The summed E-state index contributed by atoms with van der Waals surface area (Å²) in [6.45, 7) is 10.6. The van der Waals surface area contributed by atoms with Crippen LogP contribution in [-0.4, -0.2) is 98.0 Å².